The van der Waals surface area contributed by atoms with Gasteiger partial charge in [0.15, 0.2) is 0 Å². The van der Waals surface area contributed by atoms with Crippen molar-refractivity contribution in [3.8, 4) is 0 Å². The molecule has 1 unspecified atom stereocenters. The lowest BCUT2D eigenvalue weighted by molar-refractivity contribution is 0.189. The molecule has 0 aliphatic heterocycles. The summed E-state index contributed by atoms with van der Waals surface area (Å²) in [7, 11) is 1.62. The van der Waals surface area contributed by atoms with Crippen molar-refractivity contribution in [2.24, 2.45) is 0 Å². The molecule has 1 nitrogen and oxygen atoms in total. The zero-order chi connectivity index (χ0) is 4.28. The minimum atomic E-state index is 0.0787. The zero-order valence-corrected chi connectivity index (χ0v) is 4.33. The van der Waals surface area contributed by atoms with Gasteiger partial charge in [-0.2, -0.15) is 0 Å². The zero-order valence-electron chi connectivity index (χ0n) is 3.43. The second kappa shape index (κ2) is 2.54. The maximum atomic E-state index is 4.61. The normalized spacial score (nSPS) is 15.0. The molecule has 0 fully saturated rings. The lowest BCUT2D eigenvalue weighted by Crippen LogP contribution is -1.90. The summed E-state index contributed by atoms with van der Waals surface area (Å²) in [5.74, 6) is 0. The number of hydrogen-bond donors (Lipinski definition) is 1. The molecule has 5 heavy (non-hydrogen) atoms. The number of methoxy groups -OCH3 is 1. The van der Waals surface area contributed by atoms with Gasteiger partial charge in [0.1, 0.15) is 0 Å². The van der Waals surface area contributed by atoms with Crippen molar-refractivity contribution < 1.29 is 4.74 Å². The molecular weight excluding hydrogens is 84.1 g/mol. The van der Waals surface area contributed by atoms with Gasteiger partial charge in [0.25, 0.3) is 0 Å². The summed E-state index contributed by atoms with van der Waals surface area (Å²) in [5.41, 5.74) is 0.0787. The van der Waals surface area contributed by atoms with E-state index in [2.05, 4.69) is 17.4 Å². The first-order chi connectivity index (χ1) is 2.27. The Morgan fingerprint density at radius 3 is 2.00 bits per heavy atom. The number of ether oxygens (including phenoxy) is 1. The van der Waals surface area contributed by atoms with Gasteiger partial charge in [-0.25, -0.2) is 0 Å². The smallest absolute Gasteiger partial charge is 0.0967 e. The first-order valence-corrected chi connectivity index (χ1v) is 2.00. The van der Waals surface area contributed by atoms with Crippen LogP contribution in [0.15, 0.2) is 0 Å². The van der Waals surface area contributed by atoms with Crippen LogP contribution in [0.2, 0.25) is 0 Å². The van der Waals surface area contributed by atoms with Gasteiger partial charge in [0.05, 0.1) is 5.44 Å². The van der Waals surface area contributed by atoms with Gasteiger partial charge >= 0.3 is 0 Å². The third-order valence-corrected chi connectivity index (χ3v) is 0.552. The fourth-order valence-electron chi connectivity index (χ4n) is 0. The van der Waals surface area contributed by atoms with Gasteiger partial charge in [-0.05, 0) is 6.92 Å². The Kier molecular flexibility index (Phi) is 2.70. The third-order valence-electron chi connectivity index (χ3n) is 0.341. The van der Waals surface area contributed by atoms with Crippen LogP contribution < -0.4 is 0 Å². The molecule has 0 N–H and O–H groups in total. The Morgan fingerprint density at radius 2 is 2.00 bits per heavy atom. The second-order valence-electron chi connectivity index (χ2n) is 0.835. The summed E-state index contributed by atoms with van der Waals surface area (Å²) in [6.45, 7) is 1.86. The van der Waals surface area contributed by atoms with Gasteiger partial charge in [0.2, 0.25) is 0 Å². The Bertz CT molecular complexity index is 20.9. The molecule has 2 heteroatoms. The SMILES string of the molecule is COC(C)S. The van der Waals surface area contributed by atoms with Crippen molar-refractivity contribution >= 4 is 12.6 Å². The van der Waals surface area contributed by atoms with Crippen LogP contribution in [-0.2, 0) is 4.74 Å². The molecule has 0 aromatic heterocycles. The van der Waals surface area contributed by atoms with E-state index in [1.165, 1.54) is 0 Å². The topological polar surface area (TPSA) is 9.23 Å². The largest absolute Gasteiger partial charge is 0.371 e. The van der Waals surface area contributed by atoms with Gasteiger partial charge in [0, 0.05) is 7.11 Å². The Morgan fingerprint density at radius 1 is 1.80 bits per heavy atom. The van der Waals surface area contributed by atoms with E-state index in [0.29, 0.717) is 0 Å². The molecule has 32 valence electrons. The molecule has 0 heterocycles. The van der Waals surface area contributed by atoms with Crippen molar-refractivity contribution in [2.45, 2.75) is 12.4 Å². The van der Waals surface area contributed by atoms with E-state index in [1.54, 1.807) is 7.11 Å². The maximum absolute atomic E-state index is 4.61. The van der Waals surface area contributed by atoms with E-state index in [1.807, 2.05) is 6.92 Å². The van der Waals surface area contributed by atoms with Crippen molar-refractivity contribution in [1.29, 1.82) is 0 Å². The highest BCUT2D eigenvalue weighted by Gasteiger charge is 1.79. The summed E-state index contributed by atoms with van der Waals surface area (Å²) in [6.07, 6.45) is 0. The van der Waals surface area contributed by atoms with Crippen LogP contribution >= 0.6 is 12.6 Å². The average Bonchev–Trinajstić information content (AvgIpc) is 1.38. The second-order valence-corrected chi connectivity index (χ2v) is 1.56. The summed E-state index contributed by atoms with van der Waals surface area (Å²) < 4.78 is 4.61. The third kappa shape index (κ3) is 4.31. The van der Waals surface area contributed by atoms with Crippen molar-refractivity contribution in [3.63, 3.8) is 0 Å². The fourth-order valence-corrected chi connectivity index (χ4v) is 0. The van der Waals surface area contributed by atoms with Gasteiger partial charge in [-0.3, -0.25) is 0 Å². The van der Waals surface area contributed by atoms with Crippen LogP contribution in [0, 0.1) is 0 Å². The fraction of sp³-hybridized carbons (Fsp3) is 1.00. The summed E-state index contributed by atoms with van der Waals surface area (Å²) >= 11 is 3.88. The first kappa shape index (κ1) is 5.31. The van der Waals surface area contributed by atoms with Crippen LogP contribution in [0.5, 0.6) is 0 Å². The monoisotopic (exact) mass is 92.0 g/mol. The molecule has 0 saturated heterocycles. The number of thiol groups is 1. The quantitative estimate of drug-likeness (QED) is 0.373. The number of rotatable bonds is 1. The Labute approximate surface area is 37.7 Å². The van der Waals surface area contributed by atoms with Crippen molar-refractivity contribution in [2.75, 3.05) is 7.11 Å². The maximum Gasteiger partial charge on any atom is 0.0967 e. The molecule has 0 aliphatic carbocycles. The minimum Gasteiger partial charge on any atom is -0.371 e. The molecular formula is C3H8OS. The lowest BCUT2D eigenvalue weighted by atomic mass is 10.9. The summed E-state index contributed by atoms with van der Waals surface area (Å²) in [4.78, 5) is 0. The molecule has 0 spiro atoms. The Hall–Kier alpha value is 0.310. The van der Waals surface area contributed by atoms with Crippen molar-refractivity contribution in [1.82, 2.24) is 0 Å². The molecule has 0 amide bonds. The molecule has 0 aromatic rings. The van der Waals surface area contributed by atoms with Crippen LogP contribution in [0.25, 0.3) is 0 Å². The Balaban J connectivity index is 2.54. The van der Waals surface area contributed by atoms with E-state index in [4.69, 9.17) is 0 Å². The standard InChI is InChI=1S/C3H8OS/c1-3(5)4-2/h3,5H,1-2H3. The molecule has 0 bridgehead atoms. The van der Waals surface area contributed by atoms with Crippen LogP contribution in [-0.4, -0.2) is 12.5 Å². The average molecular weight is 92.2 g/mol. The van der Waals surface area contributed by atoms with Gasteiger partial charge in [-0.1, -0.05) is 0 Å². The van der Waals surface area contributed by atoms with Crippen LogP contribution in [0.1, 0.15) is 6.92 Å². The minimum absolute atomic E-state index is 0.0787. The lowest BCUT2D eigenvalue weighted by Gasteiger charge is -1.93. The van der Waals surface area contributed by atoms with E-state index in [-0.39, 0.29) is 5.44 Å². The summed E-state index contributed by atoms with van der Waals surface area (Å²) in [6, 6.07) is 0. The van der Waals surface area contributed by atoms with Gasteiger partial charge < -0.3 is 4.74 Å². The molecule has 0 saturated carbocycles. The van der Waals surface area contributed by atoms with Crippen LogP contribution in [0.4, 0.5) is 0 Å². The van der Waals surface area contributed by atoms with E-state index in [9.17, 15) is 0 Å². The summed E-state index contributed by atoms with van der Waals surface area (Å²) in [5, 5.41) is 0. The highest BCUT2D eigenvalue weighted by molar-refractivity contribution is 7.80. The predicted molar refractivity (Wildman–Crippen MR) is 25.5 cm³/mol. The molecule has 1 atom stereocenters. The predicted octanol–water partition coefficient (Wildman–Crippen LogP) is 0.909. The van der Waals surface area contributed by atoms with Crippen molar-refractivity contribution in [3.05, 3.63) is 0 Å². The molecule has 0 rings (SSSR count). The van der Waals surface area contributed by atoms with Gasteiger partial charge in [-0.15, -0.1) is 12.6 Å². The molecule has 0 aromatic carbocycles. The highest BCUT2D eigenvalue weighted by Crippen LogP contribution is 1.88. The highest BCUT2D eigenvalue weighted by atomic mass is 32.1. The van der Waals surface area contributed by atoms with E-state index < -0.39 is 0 Å². The first-order valence-electron chi connectivity index (χ1n) is 1.48. The number of hydrogen-bond acceptors (Lipinski definition) is 2. The molecule has 0 radical (unpaired) electrons. The van der Waals surface area contributed by atoms with E-state index >= 15 is 0 Å². The van der Waals surface area contributed by atoms with Crippen LogP contribution in [0.3, 0.4) is 0 Å². The molecule has 0 aliphatic rings. The van der Waals surface area contributed by atoms with E-state index in [0.717, 1.165) is 0 Å².